The van der Waals surface area contributed by atoms with E-state index in [2.05, 4.69) is 37.2 Å². The van der Waals surface area contributed by atoms with Crippen molar-refractivity contribution in [2.75, 3.05) is 31.7 Å². The van der Waals surface area contributed by atoms with Crippen molar-refractivity contribution in [3.05, 3.63) is 27.1 Å². The molecule has 0 amide bonds. The Hall–Kier alpha value is -0.140. The predicted octanol–water partition coefficient (Wildman–Crippen LogP) is 3.43. The van der Waals surface area contributed by atoms with Crippen LogP contribution in [-0.2, 0) is 9.47 Å². The molecular formula is C14H21Br2NO3. The summed E-state index contributed by atoms with van der Waals surface area (Å²) in [6.07, 6.45) is -0.356. The van der Waals surface area contributed by atoms with E-state index in [1.165, 1.54) is 0 Å². The molecule has 0 aliphatic heterocycles. The average Bonchev–Trinajstić information content (AvgIpc) is 2.37. The van der Waals surface area contributed by atoms with Gasteiger partial charge in [0.15, 0.2) is 0 Å². The fourth-order valence-corrected chi connectivity index (χ4v) is 2.79. The third-order valence-corrected chi connectivity index (χ3v) is 3.79. The molecule has 2 N–H and O–H groups in total. The number of benzene rings is 1. The van der Waals surface area contributed by atoms with Gasteiger partial charge in [0.1, 0.15) is 0 Å². The summed E-state index contributed by atoms with van der Waals surface area (Å²) in [6.45, 7) is 5.72. The van der Waals surface area contributed by atoms with Gasteiger partial charge in [-0.1, -0.05) is 6.07 Å². The van der Waals surface area contributed by atoms with E-state index in [4.69, 9.17) is 9.47 Å². The Morgan fingerprint density at radius 3 is 2.45 bits per heavy atom. The van der Waals surface area contributed by atoms with E-state index >= 15 is 0 Å². The van der Waals surface area contributed by atoms with Gasteiger partial charge in [0.2, 0.25) is 0 Å². The maximum absolute atomic E-state index is 9.84. The predicted molar refractivity (Wildman–Crippen MR) is 88.2 cm³/mol. The fraction of sp³-hybridized carbons (Fsp3) is 0.571. The molecule has 6 heteroatoms. The third kappa shape index (κ3) is 7.04. The van der Waals surface area contributed by atoms with Crippen LogP contribution < -0.4 is 5.32 Å². The monoisotopic (exact) mass is 409 g/mol. The summed E-state index contributed by atoms with van der Waals surface area (Å²) < 4.78 is 12.6. The standard InChI is InChI=1S/C14H21Br2NO3/c1-10(2)20-7-6-19-9-11(18)8-17-14-12(15)4-3-5-13(14)16/h3-5,10-11,17-18H,6-9H2,1-2H3. The van der Waals surface area contributed by atoms with E-state index in [9.17, 15) is 5.11 Å². The molecule has 1 rings (SSSR count). The van der Waals surface area contributed by atoms with Crippen molar-refractivity contribution < 1.29 is 14.6 Å². The van der Waals surface area contributed by atoms with Gasteiger partial charge < -0.3 is 19.9 Å². The normalized spacial score (nSPS) is 12.7. The topological polar surface area (TPSA) is 50.7 Å². The lowest BCUT2D eigenvalue weighted by Gasteiger charge is -2.15. The summed E-state index contributed by atoms with van der Waals surface area (Å²) in [7, 11) is 0. The van der Waals surface area contributed by atoms with Crippen molar-refractivity contribution in [3.63, 3.8) is 0 Å². The van der Waals surface area contributed by atoms with Crippen LogP contribution in [0.15, 0.2) is 27.1 Å². The van der Waals surface area contributed by atoms with E-state index < -0.39 is 6.10 Å². The first-order valence-electron chi connectivity index (χ1n) is 6.56. The Labute approximate surface area is 137 Å². The molecule has 0 saturated carbocycles. The molecule has 1 unspecified atom stereocenters. The summed E-state index contributed by atoms with van der Waals surface area (Å²) in [5.74, 6) is 0. The Bertz CT molecular complexity index is 382. The first kappa shape index (κ1) is 17.9. The zero-order valence-electron chi connectivity index (χ0n) is 11.7. The lowest BCUT2D eigenvalue weighted by Crippen LogP contribution is -2.26. The molecule has 1 aromatic rings. The number of ether oxygens (including phenoxy) is 2. The Balaban J connectivity index is 2.21. The summed E-state index contributed by atoms with van der Waals surface area (Å²) in [6, 6.07) is 5.83. The summed E-state index contributed by atoms with van der Waals surface area (Å²) in [5, 5.41) is 13.0. The summed E-state index contributed by atoms with van der Waals surface area (Å²) in [5.41, 5.74) is 0.926. The molecule has 0 heterocycles. The highest BCUT2D eigenvalue weighted by Gasteiger charge is 2.08. The van der Waals surface area contributed by atoms with E-state index in [0.29, 0.717) is 19.8 Å². The first-order valence-corrected chi connectivity index (χ1v) is 8.14. The first-order chi connectivity index (χ1) is 9.50. The lowest BCUT2D eigenvalue weighted by atomic mass is 10.3. The number of rotatable bonds is 9. The van der Waals surface area contributed by atoms with Crippen LogP contribution in [0.25, 0.3) is 0 Å². The van der Waals surface area contributed by atoms with Gasteiger partial charge in [-0.2, -0.15) is 0 Å². The van der Waals surface area contributed by atoms with Gasteiger partial charge in [-0.15, -0.1) is 0 Å². The third-order valence-electron chi connectivity index (χ3n) is 2.47. The quantitative estimate of drug-likeness (QED) is 0.612. The van der Waals surface area contributed by atoms with Crippen molar-refractivity contribution >= 4 is 37.5 Å². The molecule has 114 valence electrons. The van der Waals surface area contributed by atoms with Crippen LogP contribution in [0.2, 0.25) is 0 Å². The van der Waals surface area contributed by atoms with Gasteiger partial charge in [-0.25, -0.2) is 0 Å². The van der Waals surface area contributed by atoms with Crippen molar-refractivity contribution in [2.45, 2.75) is 26.1 Å². The molecule has 4 nitrogen and oxygen atoms in total. The second-order valence-corrected chi connectivity index (χ2v) is 6.33. The number of nitrogens with one attached hydrogen (secondary N) is 1. The molecule has 0 aliphatic rings. The minimum atomic E-state index is -0.562. The SMILES string of the molecule is CC(C)OCCOCC(O)CNc1c(Br)cccc1Br. The highest BCUT2D eigenvalue weighted by Crippen LogP contribution is 2.30. The van der Waals surface area contributed by atoms with Gasteiger partial charge in [0.05, 0.1) is 37.7 Å². The molecule has 0 aromatic heterocycles. The van der Waals surface area contributed by atoms with Gasteiger partial charge in [-0.05, 0) is 57.8 Å². The highest BCUT2D eigenvalue weighted by molar-refractivity contribution is 9.11. The second kappa shape index (κ2) is 9.73. The molecule has 0 aliphatic carbocycles. The highest BCUT2D eigenvalue weighted by atomic mass is 79.9. The summed E-state index contributed by atoms with van der Waals surface area (Å²) >= 11 is 6.92. The van der Waals surface area contributed by atoms with E-state index in [1.54, 1.807) is 0 Å². The van der Waals surface area contributed by atoms with Crippen LogP contribution in [0.1, 0.15) is 13.8 Å². The van der Waals surface area contributed by atoms with Gasteiger partial charge >= 0.3 is 0 Å². The minimum absolute atomic E-state index is 0.206. The number of halogens is 2. The molecule has 1 atom stereocenters. The molecular weight excluding hydrogens is 390 g/mol. The molecule has 0 saturated heterocycles. The van der Waals surface area contributed by atoms with Crippen molar-refractivity contribution in [1.82, 2.24) is 0 Å². The van der Waals surface area contributed by atoms with Crippen LogP contribution in [0.3, 0.4) is 0 Å². The number of hydrogen-bond acceptors (Lipinski definition) is 4. The average molecular weight is 411 g/mol. The number of hydrogen-bond donors (Lipinski definition) is 2. The number of aliphatic hydroxyl groups excluding tert-OH is 1. The van der Waals surface area contributed by atoms with E-state index in [0.717, 1.165) is 14.6 Å². The lowest BCUT2D eigenvalue weighted by molar-refractivity contribution is -0.00734. The van der Waals surface area contributed by atoms with Gasteiger partial charge in [0, 0.05) is 15.5 Å². The molecule has 0 radical (unpaired) electrons. The Morgan fingerprint density at radius 1 is 1.20 bits per heavy atom. The number of para-hydroxylation sites is 1. The molecule has 0 bridgehead atoms. The molecule has 0 spiro atoms. The smallest absolute Gasteiger partial charge is 0.0945 e. The Morgan fingerprint density at radius 2 is 1.85 bits per heavy atom. The molecule has 0 fully saturated rings. The number of anilines is 1. The van der Waals surface area contributed by atoms with E-state index in [-0.39, 0.29) is 12.7 Å². The van der Waals surface area contributed by atoms with Crippen molar-refractivity contribution in [3.8, 4) is 0 Å². The minimum Gasteiger partial charge on any atom is -0.389 e. The van der Waals surface area contributed by atoms with Crippen LogP contribution in [0.5, 0.6) is 0 Å². The largest absolute Gasteiger partial charge is 0.389 e. The van der Waals surface area contributed by atoms with Crippen molar-refractivity contribution in [2.24, 2.45) is 0 Å². The Kier molecular flexibility index (Phi) is 8.72. The fourth-order valence-electron chi connectivity index (χ4n) is 1.51. The second-order valence-electron chi connectivity index (χ2n) is 4.63. The zero-order valence-corrected chi connectivity index (χ0v) is 14.9. The van der Waals surface area contributed by atoms with Crippen LogP contribution in [-0.4, -0.2) is 43.7 Å². The summed E-state index contributed by atoms with van der Waals surface area (Å²) in [4.78, 5) is 0. The van der Waals surface area contributed by atoms with Crippen LogP contribution in [0, 0.1) is 0 Å². The van der Waals surface area contributed by atoms with Gasteiger partial charge in [-0.3, -0.25) is 0 Å². The zero-order chi connectivity index (χ0) is 15.0. The van der Waals surface area contributed by atoms with Crippen LogP contribution in [0.4, 0.5) is 5.69 Å². The number of aliphatic hydroxyl groups is 1. The molecule has 20 heavy (non-hydrogen) atoms. The van der Waals surface area contributed by atoms with Gasteiger partial charge in [0.25, 0.3) is 0 Å². The maximum atomic E-state index is 9.84. The van der Waals surface area contributed by atoms with Crippen LogP contribution >= 0.6 is 31.9 Å². The van der Waals surface area contributed by atoms with Crippen molar-refractivity contribution in [1.29, 1.82) is 0 Å². The molecule has 1 aromatic carbocycles. The maximum Gasteiger partial charge on any atom is 0.0945 e. The van der Waals surface area contributed by atoms with E-state index in [1.807, 2.05) is 32.0 Å².